The van der Waals surface area contributed by atoms with Crippen LogP contribution in [-0.4, -0.2) is 25.7 Å². The fourth-order valence-corrected chi connectivity index (χ4v) is 1.20. The number of imidazole rings is 1. The highest BCUT2D eigenvalue weighted by Crippen LogP contribution is 1.97. The monoisotopic (exact) mass is 205 g/mol. The number of aromatic amines is 1. The molecule has 0 aliphatic rings. The molecule has 0 aromatic carbocycles. The van der Waals surface area contributed by atoms with Gasteiger partial charge in [0.1, 0.15) is 0 Å². The first kappa shape index (κ1) is 9.45. The van der Waals surface area contributed by atoms with E-state index < -0.39 is 0 Å². The third kappa shape index (κ3) is 2.04. The molecule has 0 atom stereocenters. The van der Waals surface area contributed by atoms with Crippen LogP contribution in [0.4, 0.5) is 0 Å². The lowest BCUT2D eigenvalue weighted by molar-refractivity contribution is 0.0950. The minimum absolute atomic E-state index is 0.148. The van der Waals surface area contributed by atoms with Gasteiger partial charge in [-0.1, -0.05) is 0 Å². The van der Waals surface area contributed by atoms with Crippen molar-refractivity contribution in [2.24, 2.45) is 7.05 Å². The number of amides is 1. The lowest BCUT2D eigenvalue weighted by Crippen LogP contribution is -2.23. The van der Waals surface area contributed by atoms with E-state index in [1.54, 1.807) is 18.7 Å². The molecule has 0 aliphatic heterocycles. The minimum atomic E-state index is -0.148. The zero-order valence-corrected chi connectivity index (χ0v) is 8.27. The third-order valence-electron chi connectivity index (χ3n) is 2.11. The standard InChI is InChI=1S/C9H11N5O/c1-14-6-10-4-8(14)5-11-9(15)7-2-12-13-3-7/h2-4,6H,5H2,1H3,(H,11,15)(H,12,13). The third-order valence-corrected chi connectivity index (χ3v) is 2.11. The van der Waals surface area contributed by atoms with E-state index >= 15 is 0 Å². The van der Waals surface area contributed by atoms with Gasteiger partial charge in [0.15, 0.2) is 0 Å². The zero-order chi connectivity index (χ0) is 10.7. The van der Waals surface area contributed by atoms with Crippen molar-refractivity contribution in [3.63, 3.8) is 0 Å². The largest absolute Gasteiger partial charge is 0.346 e. The summed E-state index contributed by atoms with van der Waals surface area (Å²) in [7, 11) is 1.88. The number of rotatable bonds is 3. The Kier molecular flexibility index (Phi) is 2.49. The molecule has 2 N–H and O–H groups in total. The van der Waals surface area contributed by atoms with Gasteiger partial charge in [-0.25, -0.2) is 4.98 Å². The molecule has 0 aliphatic carbocycles. The van der Waals surface area contributed by atoms with Gasteiger partial charge in [-0.2, -0.15) is 5.10 Å². The van der Waals surface area contributed by atoms with Crippen LogP contribution in [0.15, 0.2) is 24.9 Å². The van der Waals surface area contributed by atoms with Crippen LogP contribution < -0.4 is 5.32 Å². The molecule has 0 bridgehead atoms. The van der Waals surface area contributed by atoms with E-state index in [1.807, 2.05) is 11.6 Å². The van der Waals surface area contributed by atoms with Gasteiger partial charge in [0.2, 0.25) is 0 Å². The molecular weight excluding hydrogens is 194 g/mol. The van der Waals surface area contributed by atoms with E-state index in [0.717, 1.165) is 5.69 Å². The smallest absolute Gasteiger partial charge is 0.254 e. The summed E-state index contributed by atoms with van der Waals surface area (Å²) < 4.78 is 1.86. The van der Waals surface area contributed by atoms with Crippen molar-refractivity contribution in [2.45, 2.75) is 6.54 Å². The number of hydrogen-bond donors (Lipinski definition) is 2. The van der Waals surface area contributed by atoms with Gasteiger partial charge in [0, 0.05) is 19.4 Å². The summed E-state index contributed by atoms with van der Waals surface area (Å²) in [5, 5.41) is 9.06. The average Bonchev–Trinajstić information content (AvgIpc) is 2.85. The van der Waals surface area contributed by atoms with Crippen LogP contribution in [0.25, 0.3) is 0 Å². The maximum absolute atomic E-state index is 11.5. The Morgan fingerprint density at radius 3 is 3.07 bits per heavy atom. The summed E-state index contributed by atoms with van der Waals surface area (Å²) in [5.41, 5.74) is 1.48. The van der Waals surface area contributed by atoms with Gasteiger partial charge in [-0.05, 0) is 0 Å². The van der Waals surface area contributed by atoms with E-state index in [-0.39, 0.29) is 5.91 Å². The van der Waals surface area contributed by atoms with Crippen molar-refractivity contribution in [2.75, 3.05) is 0 Å². The van der Waals surface area contributed by atoms with Crippen LogP contribution in [0.1, 0.15) is 16.1 Å². The molecule has 0 radical (unpaired) electrons. The van der Waals surface area contributed by atoms with E-state index in [9.17, 15) is 4.79 Å². The Bertz CT molecular complexity index is 445. The second-order valence-electron chi connectivity index (χ2n) is 3.17. The van der Waals surface area contributed by atoms with E-state index in [1.165, 1.54) is 6.20 Å². The molecule has 15 heavy (non-hydrogen) atoms. The summed E-state index contributed by atoms with van der Waals surface area (Å²) in [6.07, 6.45) is 6.45. The molecular formula is C9H11N5O. The highest BCUT2D eigenvalue weighted by atomic mass is 16.1. The Hall–Kier alpha value is -2.11. The number of aryl methyl sites for hydroxylation is 1. The summed E-state index contributed by atoms with van der Waals surface area (Å²) in [6, 6.07) is 0. The fourth-order valence-electron chi connectivity index (χ4n) is 1.20. The van der Waals surface area contributed by atoms with Gasteiger partial charge >= 0.3 is 0 Å². The minimum Gasteiger partial charge on any atom is -0.346 e. The quantitative estimate of drug-likeness (QED) is 0.744. The normalized spacial score (nSPS) is 10.2. The predicted octanol–water partition coefficient (Wildman–Crippen LogP) is 0.0732. The Morgan fingerprint density at radius 2 is 2.47 bits per heavy atom. The fraction of sp³-hybridized carbons (Fsp3) is 0.222. The molecule has 6 heteroatoms. The molecule has 0 saturated carbocycles. The van der Waals surface area contributed by atoms with E-state index in [4.69, 9.17) is 0 Å². The Labute approximate surface area is 86.3 Å². The van der Waals surface area contributed by atoms with Gasteiger partial charge in [0.25, 0.3) is 5.91 Å². The molecule has 0 saturated heterocycles. The Balaban J connectivity index is 1.95. The summed E-state index contributed by atoms with van der Waals surface area (Å²) >= 11 is 0. The number of carbonyl (C=O) groups excluding carboxylic acids is 1. The van der Waals surface area contributed by atoms with Crippen LogP contribution in [0.3, 0.4) is 0 Å². The summed E-state index contributed by atoms with van der Waals surface area (Å²) in [5.74, 6) is -0.148. The van der Waals surface area contributed by atoms with Crippen molar-refractivity contribution in [1.29, 1.82) is 0 Å². The van der Waals surface area contributed by atoms with Crippen LogP contribution in [0, 0.1) is 0 Å². The van der Waals surface area contributed by atoms with Gasteiger partial charge in [-0.15, -0.1) is 0 Å². The number of carbonyl (C=O) groups is 1. The summed E-state index contributed by atoms with van der Waals surface area (Å²) in [6.45, 7) is 0.459. The first-order chi connectivity index (χ1) is 7.27. The molecule has 2 aromatic heterocycles. The van der Waals surface area contributed by atoms with Crippen LogP contribution in [-0.2, 0) is 13.6 Å². The number of nitrogens with one attached hydrogen (secondary N) is 2. The zero-order valence-electron chi connectivity index (χ0n) is 8.27. The number of H-pyrrole nitrogens is 1. The molecule has 6 nitrogen and oxygen atoms in total. The number of nitrogens with zero attached hydrogens (tertiary/aromatic N) is 3. The van der Waals surface area contributed by atoms with Crippen molar-refractivity contribution in [3.8, 4) is 0 Å². The van der Waals surface area contributed by atoms with Gasteiger partial charge in [0.05, 0.1) is 30.3 Å². The second-order valence-corrected chi connectivity index (χ2v) is 3.17. The van der Waals surface area contributed by atoms with Crippen LogP contribution >= 0.6 is 0 Å². The van der Waals surface area contributed by atoms with Crippen LogP contribution in [0.5, 0.6) is 0 Å². The predicted molar refractivity (Wildman–Crippen MR) is 53.0 cm³/mol. The average molecular weight is 205 g/mol. The lowest BCUT2D eigenvalue weighted by atomic mass is 10.3. The summed E-state index contributed by atoms with van der Waals surface area (Å²) in [4.78, 5) is 15.5. The molecule has 0 unspecified atom stereocenters. The second kappa shape index (κ2) is 3.95. The van der Waals surface area contributed by atoms with Crippen LogP contribution in [0.2, 0.25) is 0 Å². The van der Waals surface area contributed by atoms with Crippen molar-refractivity contribution in [3.05, 3.63) is 36.2 Å². The van der Waals surface area contributed by atoms with Gasteiger partial charge < -0.3 is 9.88 Å². The molecule has 2 rings (SSSR count). The SMILES string of the molecule is Cn1cncc1CNC(=O)c1cn[nH]c1. The topological polar surface area (TPSA) is 75.6 Å². The molecule has 0 fully saturated rings. The molecule has 0 spiro atoms. The maximum atomic E-state index is 11.5. The highest BCUT2D eigenvalue weighted by molar-refractivity contribution is 5.93. The van der Waals surface area contributed by atoms with Crippen molar-refractivity contribution in [1.82, 2.24) is 25.1 Å². The maximum Gasteiger partial charge on any atom is 0.254 e. The van der Waals surface area contributed by atoms with E-state index in [2.05, 4.69) is 20.5 Å². The lowest BCUT2D eigenvalue weighted by Gasteiger charge is -2.03. The molecule has 2 aromatic rings. The Morgan fingerprint density at radius 1 is 1.60 bits per heavy atom. The van der Waals surface area contributed by atoms with Gasteiger partial charge in [-0.3, -0.25) is 9.89 Å². The first-order valence-electron chi connectivity index (χ1n) is 4.49. The highest BCUT2D eigenvalue weighted by Gasteiger charge is 2.06. The molecule has 2 heterocycles. The molecule has 78 valence electrons. The van der Waals surface area contributed by atoms with Crippen molar-refractivity contribution >= 4 is 5.91 Å². The molecule has 1 amide bonds. The number of aromatic nitrogens is 4. The van der Waals surface area contributed by atoms with Crippen molar-refractivity contribution < 1.29 is 4.79 Å². The van der Waals surface area contributed by atoms with E-state index in [0.29, 0.717) is 12.1 Å². The number of hydrogen-bond acceptors (Lipinski definition) is 3. The first-order valence-corrected chi connectivity index (χ1v) is 4.49.